The van der Waals surface area contributed by atoms with Crippen molar-refractivity contribution >= 4 is 17.7 Å². The molecule has 138 valence electrons. The number of amides is 1. The lowest BCUT2D eigenvalue weighted by atomic mass is 10.1. The summed E-state index contributed by atoms with van der Waals surface area (Å²) in [6.07, 6.45) is 6.84. The molecular weight excluding hydrogens is 346 g/mol. The standard InChI is InChI=1S/C20H25N3O2S/c24-19(21-11-15-8-9-15)14-26-20-22-12-18(16-5-2-1-3-6-16)23(20)13-17-7-4-10-25-17/h1-3,5-6,12,15,17H,4,7-11,13-14H2,(H,21,24). The molecule has 4 rings (SSSR count). The molecule has 2 heterocycles. The van der Waals surface area contributed by atoms with E-state index in [1.54, 1.807) is 0 Å². The molecule has 1 aromatic heterocycles. The van der Waals surface area contributed by atoms with Gasteiger partial charge in [0.25, 0.3) is 0 Å². The molecule has 26 heavy (non-hydrogen) atoms. The molecule has 1 saturated heterocycles. The molecule has 1 amide bonds. The lowest BCUT2D eigenvalue weighted by Crippen LogP contribution is -2.27. The molecule has 0 bridgehead atoms. The van der Waals surface area contributed by atoms with Crippen LogP contribution >= 0.6 is 11.8 Å². The molecule has 0 spiro atoms. The topological polar surface area (TPSA) is 56.2 Å². The van der Waals surface area contributed by atoms with Crippen molar-refractivity contribution in [1.29, 1.82) is 0 Å². The zero-order chi connectivity index (χ0) is 17.8. The van der Waals surface area contributed by atoms with E-state index in [-0.39, 0.29) is 12.0 Å². The van der Waals surface area contributed by atoms with Crippen LogP contribution < -0.4 is 5.32 Å². The summed E-state index contributed by atoms with van der Waals surface area (Å²) in [4.78, 5) is 16.7. The van der Waals surface area contributed by atoms with Gasteiger partial charge in [-0.25, -0.2) is 4.98 Å². The Labute approximate surface area is 158 Å². The van der Waals surface area contributed by atoms with Crippen molar-refractivity contribution < 1.29 is 9.53 Å². The molecule has 2 aliphatic rings. The van der Waals surface area contributed by atoms with Gasteiger partial charge in [-0.1, -0.05) is 42.1 Å². The van der Waals surface area contributed by atoms with Crippen LogP contribution in [0.25, 0.3) is 11.3 Å². The second-order valence-electron chi connectivity index (χ2n) is 7.07. The van der Waals surface area contributed by atoms with Gasteiger partial charge in [0.2, 0.25) is 5.91 Å². The number of aromatic nitrogens is 2. The molecule has 6 heteroatoms. The summed E-state index contributed by atoms with van der Waals surface area (Å²) in [6, 6.07) is 10.3. The summed E-state index contributed by atoms with van der Waals surface area (Å²) in [6.45, 7) is 2.45. The fourth-order valence-corrected chi connectivity index (χ4v) is 4.06. The Morgan fingerprint density at radius 3 is 2.85 bits per heavy atom. The number of imidazole rings is 1. The molecule has 1 aliphatic carbocycles. The first-order valence-corrected chi connectivity index (χ1v) is 10.4. The van der Waals surface area contributed by atoms with Crippen molar-refractivity contribution in [3.05, 3.63) is 36.5 Å². The highest BCUT2D eigenvalue weighted by atomic mass is 32.2. The van der Waals surface area contributed by atoms with Gasteiger partial charge >= 0.3 is 0 Å². The van der Waals surface area contributed by atoms with E-state index >= 15 is 0 Å². The van der Waals surface area contributed by atoms with Crippen molar-refractivity contribution in [2.45, 2.75) is 43.5 Å². The minimum absolute atomic E-state index is 0.0924. The van der Waals surface area contributed by atoms with Crippen molar-refractivity contribution in [3.63, 3.8) is 0 Å². The number of ether oxygens (including phenoxy) is 1. The zero-order valence-electron chi connectivity index (χ0n) is 14.9. The van der Waals surface area contributed by atoms with Gasteiger partial charge in [-0.15, -0.1) is 0 Å². The predicted molar refractivity (Wildman–Crippen MR) is 103 cm³/mol. The first-order valence-electron chi connectivity index (χ1n) is 9.41. The van der Waals surface area contributed by atoms with Gasteiger partial charge in [-0.2, -0.15) is 0 Å². The highest BCUT2D eigenvalue weighted by Gasteiger charge is 2.23. The van der Waals surface area contributed by atoms with Gasteiger partial charge in [-0.05, 0) is 37.2 Å². The minimum Gasteiger partial charge on any atom is -0.376 e. The maximum Gasteiger partial charge on any atom is 0.230 e. The first kappa shape index (κ1) is 17.6. The van der Waals surface area contributed by atoms with E-state index < -0.39 is 0 Å². The zero-order valence-corrected chi connectivity index (χ0v) is 15.7. The number of benzene rings is 1. The Morgan fingerprint density at radius 1 is 1.27 bits per heavy atom. The maximum atomic E-state index is 12.1. The van der Waals surface area contributed by atoms with E-state index in [9.17, 15) is 4.79 Å². The van der Waals surface area contributed by atoms with Crippen LogP contribution in [0.1, 0.15) is 25.7 Å². The highest BCUT2D eigenvalue weighted by molar-refractivity contribution is 7.99. The molecular formula is C20H25N3O2S. The van der Waals surface area contributed by atoms with E-state index in [0.29, 0.717) is 11.7 Å². The van der Waals surface area contributed by atoms with Crippen LogP contribution in [-0.4, -0.2) is 40.5 Å². The fourth-order valence-electron chi connectivity index (χ4n) is 3.24. The predicted octanol–water partition coefficient (Wildman–Crippen LogP) is 3.35. The SMILES string of the molecule is O=C(CSc1ncc(-c2ccccc2)n1CC1CCCO1)NCC1CC1. The van der Waals surface area contributed by atoms with Gasteiger partial charge < -0.3 is 14.6 Å². The van der Waals surface area contributed by atoms with Crippen LogP contribution in [0.2, 0.25) is 0 Å². The Hall–Kier alpha value is -1.79. The lowest BCUT2D eigenvalue weighted by Gasteiger charge is -2.16. The number of hydrogen-bond acceptors (Lipinski definition) is 4. The van der Waals surface area contributed by atoms with Gasteiger partial charge in [-0.3, -0.25) is 4.79 Å². The first-order chi connectivity index (χ1) is 12.8. The van der Waals surface area contributed by atoms with Gasteiger partial charge in [0.05, 0.1) is 30.3 Å². The molecule has 5 nitrogen and oxygen atoms in total. The number of rotatable bonds is 8. The van der Waals surface area contributed by atoms with E-state index in [1.165, 1.54) is 24.6 Å². The largest absolute Gasteiger partial charge is 0.376 e. The van der Waals surface area contributed by atoms with Crippen LogP contribution in [0.5, 0.6) is 0 Å². The fraction of sp³-hybridized carbons (Fsp3) is 0.500. The lowest BCUT2D eigenvalue weighted by molar-refractivity contribution is -0.118. The summed E-state index contributed by atoms with van der Waals surface area (Å²) in [5.74, 6) is 1.20. The monoisotopic (exact) mass is 371 g/mol. The van der Waals surface area contributed by atoms with Gasteiger partial charge in [0, 0.05) is 13.2 Å². The average Bonchev–Trinajstić information content (AvgIpc) is 3.20. The number of nitrogens with one attached hydrogen (secondary N) is 1. The molecule has 1 N–H and O–H groups in total. The number of carbonyl (C=O) groups excluding carboxylic acids is 1. The minimum atomic E-state index is 0.0924. The number of carbonyl (C=O) groups is 1. The second-order valence-corrected chi connectivity index (χ2v) is 8.02. The third kappa shape index (κ3) is 4.48. The molecule has 1 saturated carbocycles. The molecule has 1 atom stereocenters. The third-order valence-corrected chi connectivity index (χ3v) is 5.91. The quantitative estimate of drug-likeness (QED) is 0.723. The summed E-state index contributed by atoms with van der Waals surface area (Å²) < 4.78 is 8.04. The van der Waals surface area contributed by atoms with Crippen LogP contribution in [0.15, 0.2) is 41.7 Å². The van der Waals surface area contributed by atoms with Gasteiger partial charge in [0.1, 0.15) is 0 Å². The molecule has 2 aromatic rings. The van der Waals surface area contributed by atoms with E-state index in [1.807, 2.05) is 24.4 Å². The van der Waals surface area contributed by atoms with Crippen LogP contribution in [0.3, 0.4) is 0 Å². The van der Waals surface area contributed by atoms with Gasteiger partial charge in [0.15, 0.2) is 5.16 Å². The Morgan fingerprint density at radius 2 is 2.12 bits per heavy atom. The summed E-state index contributed by atoms with van der Waals surface area (Å²) in [5.41, 5.74) is 2.23. The van der Waals surface area contributed by atoms with Crippen LogP contribution in [-0.2, 0) is 16.1 Å². The van der Waals surface area contributed by atoms with Crippen molar-refractivity contribution in [2.75, 3.05) is 18.9 Å². The number of thioether (sulfide) groups is 1. The Kier molecular flexibility index (Phi) is 5.60. The Balaban J connectivity index is 1.47. The average molecular weight is 372 g/mol. The summed E-state index contributed by atoms with van der Waals surface area (Å²) >= 11 is 1.51. The van der Waals surface area contributed by atoms with Crippen molar-refractivity contribution in [1.82, 2.24) is 14.9 Å². The van der Waals surface area contributed by atoms with Crippen molar-refractivity contribution in [2.24, 2.45) is 5.92 Å². The van der Waals surface area contributed by atoms with E-state index in [0.717, 1.165) is 49.0 Å². The van der Waals surface area contributed by atoms with E-state index in [4.69, 9.17) is 4.74 Å². The van der Waals surface area contributed by atoms with E-state index in [2.05, 4.69) is 27.0 Å². The summed E-state index contributed by atoms with van der Waals surface area (Å²) in [5, 5.41) is 3.91. The molecule has 1 unspecified atom stereocenters. The smallest absolute Gasteiger partial charge is 0.230 e. The maximum absolute atomic E-state index is 12.1. The molecule has 1 aliphatic heterocycles. The van der Waals surface area contributed by atoms with Crippen molar-refractivity contribution in [3.8, 4) is 11.3 Å². The van der Waals surface area contributed by atoms with Crippen LogP contribution in [0, 0.1) is 5.92 Å². The molecule has 1 aromatic carbocycles. The van der Waals surface area contributed by atoms with Crippen LogP contribution in [0.4, 0.5) is 0 Å². The molecule has 0 radical (unpaired) electrons. The second kappa shape index (κ2) is 8.27. The number of nitrogens with zero attached hydrogens (tertiary/aromatic N) is 2. The molecule has 2 fully saturated rings. The normalized spacial score (nSPS) is 19.6. The Bertz CT molecular complexity index is 737. The number of hydrogen-bond donors (Lipinski definition) is 1. The highest BCUT2D eigenvalue weighted by Crippen LogP contribution is 2.29. The summed E-state index contributed by atoms with van der Waals surface area (Å²) in [7, 11) is 0. The third-order valence-electron chi connectivity index (χ3n) is 4.92.